The largest absolute Gasteiger partial charge is 0.497 e. The van der Waals surface area contributed by atoms with Gasteiger partial charge in [0, 0.05) is 59.1 Å². The summed E-state index contributed by atoms with van der Waals surface area (Å²) in [6, 6.07) is 7.11. The van der Waals surface area contributed by atoms with Crippen molar-refractivity contribution in [2.24, 2.45) is 4.99 Å². The van der Waals surface area contributed by atoms with Gasteiger partial charge in [-0.1, -0.05) is 6.07 Å². The number of carbonyl (C=O) groups excluding carboxylic acids is 1. The van der Waals surface area contributed by atoms with Crippen molar-refractivity contribution in [3.8, 4) is 5.75 Å². The van der Waals surface area contributed by atoms with Crippen molar-refractivity contribution in [3.05, 3.63) is 29.8 Å². The van der Waals surface area contributed by atoms with E-state index >= 15 is 0 Å². The molecule has 1 aromatic rings. The Kier molecular flexibility index (Phi) is 13.4. The van der Waals surface area contributed by atoms with Gasteiger partial charge < -0.3 is 29.7 Å². The van der Waals surface area contributed by atoms with Crippen LogP contribution >= 0.6 is 24.0 Å². The summed E-state index contributed by atoms with van der Waals surface area (Å²) < 4.78 is 16.1. The lowest BCUT2D eigenvalue weighted by molar-refractivity contribution is 0.00991. The molecule has 2 rings (SSSR count). The summed E-state index contributed by atoms with van der Waals surface area (Å²) in [7, 11) is 5.08. The number of guanidine groups is 1. The summed E-state index contributed by atoms with van der Waals surface area (Å²) in [4.78, 5) is 18.8. The first kappa shape index (κ1) is 26.4. The molecule has 9 heteroatoms. The summed E-state index contributed by atoms with van der Waals surface area (Å²) >= 11 is 0. The predicted molar refractivity (Wildman–Crippen MR) is 129 cm³/mol. The first-order valence-electron chi connectivity index (χ1n) is 10.2. The van der Waals surface area contributed by atoms with Crippen LogP contribution in [0.2, 0.25) is 0 Å². The molecule has 0 bridgehead atoms. The molecular formula is C21H35IN4O4. The number of benzene rings is 1. The van der Waals surface area contributed by atoms with Gasteiger partial charge in [0.15, 0.2) is 5.96 Å². The van der Waals surface area contributed by atoms with Gasteiger partial charge in [-0.15, -0.1) is 24.0 Å². The number of hydrogen-bond donors (Lipinski definition) is 2. The lowest BCUT2D eigenvalue weighted by Gasteiger charge is -2.34. The summed E-state index contributed by atoms with van der Waals surface area (Å²) in [5.74, 6) is 1.41. The number of rotatable bonds is 10. The van der Waals surface area contributed by atoms with Gasteiger partial charge in [-0.2, -0.15) is 0 Å². The van der Waals surface area contributed by atoms with E-state index in [2.05, 4.69) is 20.5 Å². The van der Waals surface area contributed by atoms with Crippen molar-refractivity contribution in [1.82, 2.24) is 15.5 Å². The lowest BCUT2D eigenvalue weighted by atomic mass is 10.1. The van der Waals surface area contributed by atoms with E-state index in [-0.39, 0.29) is 29.9 Å². The van der Waals surface area contributed by atoms with Crippen LogP contribution in [0.15, 0.2) is 29.3 Å². The molecule has 0 atom stereocenters. The van der Waals surface area contributed by atoms with E-state index in [1.807, 2.05) is 6.07 Å². The average molecular weight is 534 g/mol. The number of nitrogens with zero attached hydrogens (tertiary/aromatic N) is 2. The number of likely N-dealkylation sites (tertiary alicyclic amines) is 1. The molecule has 8 nitrogen and oxygen atoms in total. The summed E-state index contributed by atoms with van der Waals surface area (Å²) in [5, 5.41) is 6.23. The third kappa shape index (κ3) is 9.05. The van der Waals surface area contributed by atoms with E-state index in [1.165, 1.54) is 0 Å². The predicted octanol–water partition coefficient (Wildman–Crippen LogP) is 2.14. The van der Waals surface area contributed by atoms with Crippen molar-refractivity contribution >= 4 is 35.8 Å². The molecule has 170 valence electrons. The molecule has 1 fully saturated rings. The van der Waals surface area contributed by atoms with Crippen LogP contribution in [0, 0.1) is 0 Å². The fraction of sp³-hybridized carbons (Fsp3) is 0.619. The zero-order valence-corrected chi connectivity index (χ0v) is 20.5. The zero-order chi connectivity index (χ0) is 20.9. The first-order chi connectivity index (χ1) is 14.2. The minimum atomic E-state index is -0.118. The number of aliphatic imine (C=N–C) groups is 1. The monoisotopic (exact) mass is 534 g/mol. The smallest absolute Gasteiger partial charge is 0.251 e. The van der Waals surface area contributed by atoms with Gasteiger partial charge >= 0.3 is 0 Å². The highest BCUT2D eigenvalue weighted by molar-refractivity contribution is 14.0. The summed E-state index contributed by atoms with van der Waals surface area (Å²) in [5.41, 5.74) is 0.585. The molecule has 1 saturated heterocycles. The third-order valence-electron chi connectivity index (χ3n) is 4.83. The normalized spacial score (nSPS) is 14.8. The zero-order valence-electron chi connectivity index (χ0n) is 18.2. The van der Waals surface area contributed by atoms with E-state index in [0.717, 1.165) is 51.5 Å². The fourth-order valence-electron chi connectivity index (χ4n) is 3.24. The highest BCUT2D eigenvalue weighted by atomic mass is 127. The summed E-state index contributed by atoms with van der Waals surface area (Å²) in [6.45, 7) is 4.42. The second-order valence-corrected chi connectivity index (χ2v) is 6.87. The quantitative estimate of drug-likeness (QED) is 0.207. The Balaban J connectivity index is 0.00000450. The van der Waals surface area contributed by atoms with Crippen molar-refractivity contribution in [3.63, 3.8) is 0 Å². The molecule has 1 amide bonds. The Bertz CT molecular complexity index is 652. The van der Waals surface area contributed by atoms with Gasteiger partial charge in [-0.05, 0) is 37.5 Å². The topological polar surface area (TPSA) is 84.4 Å². The minimum absolute atomic E-state index is 0. The molecule has 0 radical (unpaired) electrons. The van der Waals surface area contributed by atoms with Crippen LogP contribution in [0.4, 0.5) is 0 Å². The molecule has 0 saturated carbocycles. The number of nitrogens with one attached hydrogen (secondary N) is 2. The second kappa shape index (κ2) is 15.2. The van der Waals surface area contributed by atoms with Crippen LogP contribution in [-0.2, 0) is 9.47 Å². The van der Waals surface area contributed by atoms with Crippen LogP contribution in [0.1, 0.15) is 29.6 Å². The highest BCUT2D eigenvalue weighted by Crippen LogP contribution is 2.14. The van der Waals surface area contributed by atoms with E-state index in [4.69, 9.17) is 14.2 Å². The maximum Gasteiger partial charge on any atom is 0.251 e. The minimum Gasteiger partial charge on any atom is -0.497 e. The molecule has 1 heterocycles. The Hall–Kier alpha value is -1.59. The molecule has 1 aliphatic heterocycles. The molecule has 30 heavy (non-hydrogen) atoms. The lowest BCUT2D eigenvalue weighted by Crippen LogP contribution is -2.48. The molecule has 0 aromatic heterocycles. The van der Waals surface area contributed by atoms with Crippen molar-refractivity contribution in [2.45, 2.75) is 25.4 Å². The number of carbonyl (C=O) groups is 1. The molecule has 0 unspecified atom stereocenters. The Morgan fingerprint density at radius 3 is 2.57 bits per heavy atom. The number of piperidine rings is 1. The van der Waals surface area contributed by atoms with Gasteiger partial charge in [0.2, 0.25) is 0 Å². The Morgan fingerprint density at radius 2 is 1.90 bits per heavy atom. The number of amides is 1. The van der Waals surface area contributed by atoms with Gasteiger partial charge in [0.05, 0.1) is 13.2 Å². The first-order valence-corrected chi connectivity index (χ1v) is 10.2. The Labute approximate surface area is 196 Å². The fourth-order valence-corrected chi connectivity index (χ4v) is 3.24. The highest BCUT2D eigenvalue weighted by Gasteiger charge is 2.21. The van der Waals surface area contributed by atoms with E-state index in [0.29, 0.717) is 30.5 Å². The third-order valence-corrected chi connectivity index (χ3v) is 4.83. The Morgan fingerprint density at radius 1 is 1.17 bits per heavy atom. The van der Waals surface area contributed by atoms with Crippen LogP contribution in [0.5, 0.6) is 5.75 Å². The second-order valence-electron chi connectivity index (χ2n) is 6.87. The molecule has 1 aliphatic rings. The SMILES string of the molecule is CN=C(NCCNC(=O)c1cccc(OC)c1)N1CCC(OCCCOC)CC1.I. The molecular weight excluding hydrogens is 499 g/mol. The number of methoxy groups -OCH3 is 2. The van der Waals surface area contributed by atoms with Gasteiger partial charge in [-0.25, -0.2) is 0 Å². The number of hydrogen-bond acceptors (Lipinski definition) is 5. The van der Waals surface area contributed by atoms with E-state index in [1.54, 1.807) is 39.5 Å². The van der Waals surface area contributed by atoms with E-state index < -0.39 is 0 Å². The molecule has 2 N–H and O–H groups in total. The molecule has 1 aromatic carbocycles. The van der Waals surface area contributed by atoms with Crippen LogP contribution < -0.4 is 15.4 Å². The van der Waals surface area contributed by atoms with Gasteiger partial charge in [0.1, 0.15) is 5.75 Å². The van der Waals surface area contributed by atoms with Crippen LogP contribution in [0.25, 0.3) is 0 Å². The average Bonchev–Trinajstić information content (AvgIpc) is 2.77. The maximum absolute atomic E-state index is 12.2. The maximum atomic E-state index is 12.2. The van der Waals surface area contributed by atoms with Gasteiger partial charge in [0.25, 0.3) is 5.91 Å². The standard InChI is InChI=1S/C21H34N4O4.HI/c1-22-21(25-12-8-18(9-13-25)29-15-5-14-27-2)24-11-10-23-20(26)17-6-4-7-19(16-17)28-3;/h4,6-7,16,18H,5,8-15H2,1-3H3,(H,22,24)(H,23,26);1H. The number of ether oxygens (including phenoxy) is 3. The van der Waals surface area contributed by atoms with Gasteiger partial charge in [-0.3, -0.25) is 9.79 Å². The molecule has 0 aliphatic carbocycles. The van der Waals surface area contributed by atoms with Crippen molar-refractivity contribution in [2.75, 3.05) is 60.7 Å². The van der Waals surface area contributed by atoms with Crippen LogP contribution in [-0.4, -0.2) is 83.5 Å². The van der Waals surface area contributed by atoms with E-state index in [9.17, 15) is 4.79 Å². The van der Waals surface area contributed by atoms with Crippen molar-refractivity contribution < 1.29 is 19.0 Å². The summed E-state index contributed by atoms with van der Waals surface area (Å²) in [6.07, 6.45) is 3.21. The van der Waals surface area contributed by atoms with Crippen LogP contribution in [0.3, 0.4) is 0 Å². The van der Waals surface area contributed by atoms with Crippen molar-refractivity contribution in [1.29, 1.82) is 0 Å². The number of halogens is 1. The molecule has 0 spiro atoms.